The summed E-state index contributed by atoms with van der Waals surface area (Å²) < 4.78 is 25.6. The molecule has 4 amide bonds. The molecule has 3 aromatic rings. The molecule has 8 atom stereocenters. The number of amides is 4. The molecule has 75 heavy (non-hydrogen) atoms. The molecule has 2 aromatic carbocycles. The number of nitrogens with two attached hydrogens (primary N) is 1. The number of carbonyl (C=O) groups is 8. The molecule has 0 saturated carbocycles. The van der Waals surface area contributed by atoms with E-state index in [2.05, 4.69) is 5.10 Å². The zero-order chi connectivity index (χ0) is 56.0. The molecule has 0 aliphatic carbocycles. The van der Waals surface area contributed by atoms with Gasteiger partial charge in [-0.3, -0.25) is 23.9 Å². The van der Waals surface area contributed by atoms with Gasteiger partial charge in [-0.2, -0.15) is 5.10 Å². The number of carbonyl (C=O) groups excluding carboxylic acids is 8. The minimum Gasteiger partial charge on any atom is -0.451 e. The topological polar surface area (TPSA) is 230 Å². The highest BCUT2D eigenvalue weighted by Gasteiger charge is 2.43. The monoisotopic (exact) mass is 1040 g/mol. The molecule has 1 fully saturated rings. The lowest BCUT2D eigenvalue weighted by molar-refractivity contribution is -0.176. The Kier molecular flexibility index (Phi) is 22.4. The smallest absolute Gasteiger partial charge is 0.329 e. The van der Waals surface area contributed by atoms with Crippen molar-refractivity contribution in [2.24, 2.45) is 23.7 Å². The Balaban J connectivity index is 1.85. The van der Waals surface area contributed by atoms with Crippen molar-refractivity contribution >= 4 is 53.3 Å². The number of nitrogen functional groups attached to an aromatic ring is 1. The number of rotatable bonds is 14. The van der Waals surface area contributed by atoms with Gasteiger partial charge >= 0.3 is 23.9 Å². The number of aromatic nitrogens is 2. The lowest BCUT2D eigenvalue weighted by atomic mass is 9.99. The van der Waals surface area contributed by atoms with Crippen LogP contribution in [-0.2, 0) is 76.7 Å². The zero-order valence-electron chi connectivity index (χ0n) is 46.4. The fourth-order valence-corrected chi connectivity index (χ4v) is 8.96. The van der Waals surface area contributed by atoms with Gasteiger partial charge in [0, 0.05) is 47.2 Å². The summed E-state index contributed by atoms with van der Waals surface area (Å²) in [5, 5.41) is 4.24. The van der Waals surface area contributed by atoms with E-state index in [1.54, 1.807) is 59.4 Å². The molecular weight excluding hydrogens is 963 g/mol. The quantitative estimate of drug-likeness (QED) is 0.156. The van der Waals surface area contributed by atoms with Crippen LogP contribution in [0.4, 0.5) is 5.82 Å². The number of hydrogen-bond acceptors (Lipinski definition) is 14. The molecule has 1 aliphatic heterocycles. The Morgan fingerprint density at radius 1 is 0.453 bits per heavy atom. The summed E-state index contributed by atoms with van der Waals surface area (Å²) in [6, 6.07) is 12.7. The van der Waals surface area contributed by atoms with Crippen LogP contribution in [0.25, 0.3) is 0 Å². The standard InChI is InChI=1S/C56H81N7O12/c1-33(2)26-42-53(68)72-38(10)50(65)60(12)45(29-36(7)8)56(71)75-47(31-40-20-22-41(23-21-40)32-63-25-24-48(57)58-63)52(67)62(14)43(27-34(3)4)54(69)73-37(9)49(64)59(11)44(28-35(5)6)55(70)74-46(51(66)61(42)13)30-39-18-16-15-17-19-39/h15-25,33-38,42-47H,26-32H2,1-14H3,(H2,57,58)/t37-,38-,42+,43+,44+,45+,46-,47-/m1/s1. The number of ether oxygens (including phenoxy) is 4. The highest BCUT2D eigenvalue weighted by atomic mass is 16.6. The van der Waals surface area contributed by atoms with Crippen LogP contribution in [0.1, 0.15) is 112 Å². The summed E-state index contributed by atoms with van der Waals surface area (Å²) in [6.07, 6.45) is -4.09. The molecule has 0 unspecified atom stereocenters. The molecule has 1 aliphatic rings. The lowest BCUT2D eigenvalue weighted by Gasteiger charge is -2.35. The molecule has 0 radical (unpaired) electrons. The van der Waals surface area contributed by atoms with Gasteiger partial charge in [-0.1, -0.05) is 110 Å². The number of anilines is 1. The average molecular weight is 1040 g/mol. The summed E-state index contributed by atoms with van der Waals surface area (Å²) in [4.78, 5) is 121. The van der Waals surface area contributed by atoms with Gasteiger partial charge in [-0.05, 0) is 86.0 Å². The van der Waals surface area contributed by atoms with Gasteiger partial charge in [0.25, 0.3) is 23.6 Å². The molecule has 2 heterocycles. The van der Waals surface area contributed by atoms with Crippen LogP contribution in [-0.4, -0.2) is 154 Å². The van der Waals surface area contributed by atoms with Crippen molar-refractivity contribution in [1.29, 1.82) is 0 Å². The normalized spacial score (nSPS) is 24.0. The molecule has 1 aromatic heterocycles. The maximum absolute atomic E-state index is 14.9. The van der Waals surface area contributed by atoms with Gasteiger partial charge in [-0.25, -0.2) is 19.2 Å². The number of esters is 4. The molecule has 19 nitrogen and oxygen atoms in total. The minimum absolute atomic E-state index is 0.0839. The third-order valence-corrected chi connectivity index (χ3v) is 13.2. The maximum Gasteiger partial charge on any atom is 0.329 e. The first kappa shape index (κ1) is 60.8. The van der Waals surface area contributed by atoms with E-state index in [0.29, 0.717) is 23.5 Å². The van der Waals surface area contributed by atoms with Crippen molar-refractivity contribution in [2.75, 3.05) is 33.9 Å². The SMILES string of the molecule is CC(C)C[C@H]1C(=O)O[C@H](Cc2ccc(Cn3ccc(N)n3)cc2)C(=O)N(C)[C@@H](CC(C)C)C(=O)O[C@H](C)C(=O)N(C)[C@@H](CC(C)C)C(=O)O[C@H](Cc2ccccc2)C(=O)N(C)[C@@H](CC(C)C)C(=O)O[C@H](C)C(=O)N1C. The van der Waals surface area contributed by atoms with Crippen molar-refractivity contribution < 1.29 is 57.3 Å². The van der Waals surface area contributed by atoms with E-state index in [4.69, 9.17) is 24.7 Å². The maximum atomic E-state index is 14.9. The Bertz CT molecular complexity index is 2410. The van der Waals surface area contributed by atoms with Crippen LogP contribution in [0.2, 0.25) is 0 Å². The van der Waals surface area contributed by atoms with Crippen molar-refractivity contribution in [3.63, 3.8) is 0 Å². The first-order valence-corrected chi connectivity index (χ1v) is 26.0. The van der Waals surface area contributed by atoms with Crippen LogP contribution in [0.15, 0.2) is 66.9 Å². The van der Waals surface area contributed by atoms with Crippen LogP contribution >= 0.6 is 0 Å². The molecule has 2 N–H and O–H groups in total. The zero-order valence-corrected chi connectivity index (χ0v) is 46.4. The van der Waals surface area contributed by atoms with Crippen molar-refractivity contribution in [1.82, 2.24) is 29.4 Å². The second kappa shape index (κ2) is 27.7. The van der Waals surface area contributed by atoms with E-state index in [1.807, 2.05) is 67.5 Å². The molecule has 4 rings (SSSR count). The molecule has 0 spiro atoms. The molecule has 1 saturated heterocycles. The van der Waals surface area contributed by atoms with E-state index < -0.39 is 96.1 Å². The van der Waals surface area contributed by atoms with E-state index in [1.165, 1.54) is 42.0 Å². The fraction of sp³-hybridized carbons (Fsp3) is 0.589. The van der Waals surface area contributed by atoms with Gasteiger partial charge in [-0.15, -0.1) is 0 Å². The summed E-state index contributed by atoms with van der Waals surface area (Å²) in [7, 11) is 5.55. The predicted molar refractivity (Wildman–Crippen MR) is 281 cm³/mol. The van der Waals surface area contributed by atoms with Gasteiger partial charge in [0.05, 0.1) is 6.54 Å². The summed E-state index contributed by atoms with van der Waals surface area (Å²) >= 11 is 0. The number of cyclic esters (lactones) is 4. The predicted octanol–water partition coefficient (Wildman–Crippen LogP) is 5.49. The molecular formula is C56H81N7O12. The number of nitrogens with zero attached hydrogens (tertiary/aromatic N) is 6. The highest BCUT2D eigenvalue weighted by molar-refractivity contribution is 5.94. The van der Waals surface area contributed by atoms with E-state index in [0.717, 1.165) is 25.2 Å². The Morgan fingerprint density at radius 2 is 0.773 bits per heavy atom. The average Bonchev–Trinajstić information content (AvgIpc) is 3.77. The van der Waals surface area contributed by atoms with Gasteiger partial charge < -0.3 is 44.3 Å². The van der Waals surface area contributed by atoms with Gasteiger partial charge in [0.2, 0.25) is 0 Å². The summed E-state index contributed by atoms with van der Waals surface area (Å²) in [6.45, 7) is 17.9. The summed E-state index contributed by atoms with van der Waals surface area (Å²) in [5.74, 6) is -6.99. The minimum atomic E-state index is -1.54. The van der Waals surface area contributed by atoms with Crippen LogP contribution in [0, 0.1) is 23.7 Å². The number of hydrogen-bond donors (Lipinski definition) is 1. The van der Waals surface area contributed by atoms with Crippen LogP contribution in [0.5, 0.6) is 0 Å². The molecule has 19 heteroatoms. The summed E-state index contributed by atoms with van der Waals surface area (Å²) in [5.41, 5.74) is 7.92. The third kappa shape index (κ3) is 17.4. The number of likely N-dealkylation sites (N-methyl/N-ethyl adjacent to an activating group) is 4. The van der Waals surface area contributed by atoms with E-state index in [-0.39, 0.29) is 62.2 Å². The lowest BCUT2D eigenvalue weighted by Crippen LogP contribution is -2.55. The highest BCUT2D eigenvalue weighted by Crippen LogP contribution is 2.24. The second-order valence-electron chi connectivity index (χ2n) is 21.5. The fourth-order valence-electron chi connectivity index (χ4n) is 8.96. The van der Waals surface area contributed by atoms with Crippen molar-refractivity contribution in [3.8, 4) is 0 Å². The third-order valence-electron chi connectivity index (χ3n) is 13.2. The Hall–Kier alpha value is -6.79. The van der Waals surface area contributed by atoms with Crippen molar-refractivity contribution in [2.45, 2.75) is 163 Å². The first-order valence-electron chi connectivity index (χ1n) is 26.0. The Morgan fingerprint density at radius 3 is 1.11 bits per heavy atom. The van der Waals surface area contributed by atoms with E-state index >= 15 is 0 Å². The second-order valence-corrected chi connectivity index (χ2v) is 21.5. The van der Waals surface area contributed by atoms with Gasteiger partial charge in [0.15, 0.2) is 24.4 Å². The largest absolute Gasteiger partial charge is 0.451 e. The van der Waals surface area contributed by atoms with Crippen molar-refractivity contribution in [3.05, 3.63) is 83.6 Å². The van der Waals surface area contributed by atoms with E-state index in [9.17, 15) is 38.4 Å². The number of benzene rings is 2. The molecule has 0 bridgehead atoms. The Labute approximate surface area is 442 Å². The first-order chi connectivity index (χ1) is 35.2. The van der Waals surface area contributed by atoms with Crippen LogP contribution in [0.3, 0.4) is 0 Å². The van der Waals surface area contributed by atoms with Gasteiger partial charge in [0.1, 0.15) is 30.0 Å². The molecule has 412 valence electrons. The van der Waals surface area contributed by atoms with Crippen LogP contribution < -0.4 is 5.73 Å².